The summed E-state index contributed by atoms with van der Waals surface area (Å²) in [4.78, 5) is 8.66. The second kappa shape index (κ2) is 6.44. The number of aromatic nitrogens is 2. The van der Waals surface area contributed by atoms with E-state index in [0.29, 0.717) is 5.13 Å². The highest BCUT2D eigenvalue weighted by Crippen LogP contribution is 2.25. The minimum absolute atomic E-state index is 0.257. The van der Waals surface area contributed by atoms with Crippen molar-refractivity contribution < 1.29 is 4.39 Å². The van der Waals surface area contributed by atoms with Crippen molar-refractivity contribution in [3.8, 4) is 11.3 Å². The highest BCUT2D eigenvalue weighted by atomic mass is 32.1. The van der Waals surface area contributed by atoms with Crippen LogP contribution in [0.1, 0.15) is 12.6 Å². The molecule has 0 saturated heterocycles. The molecular formula is C16H13FN4S. The Bertz CT molecular complexity index is 781. The van der Waals surface area contributed by atoms with Crippen molar-refractivity contribution in [3.63, 3.8) is 0 Å². The number of thiazole rings is 1. The number of hydrazone groups is 1. The SMILES string of the molecule is C/C(=N\Nc1nc(-c2ccc(F)cc2)cs1)c1ccccn1. The average Bonchev–Trinajstić information content (AvgIpc) is 3.03. The second-order valence-corrected chi connectivity index (χ2v) is 5.43. The summed E-state index contributed by atoms with van der Waals surface area (Å²) in [5, 5.41) is 6.86. The van der Waals surface area contributed by atoms with Gasteiger partial charge in [0.1, 0.15) is 5.82 Å². The molecule has 0 amide bonds. The van der Waals surface area contributed by atoms with Crippen LogP contribution >= 0.6 is 11.3 Å². The number of hydrogen-bond donors (Lipinski definition) is 1. The van der Waals surface area contributed by atoms with E-state index in [9.17, 15) is 4.39 Å². The van der Waals surface area contributed by atoms with Crippen molar-refractivity contribution in [1.29, 1.82) is 0 Å². The van der Waals surface area contributed by atoms with Gasteiger partial charge in [-0.25, -0.2) is 9.37 Å². The fourth-order valence-electron chi connectivity index (χ4n) is 1.84. The maximum absolute atomic E-state index is 12.9. The van der Waals surface area contributed by atoms with Crippen LogP contribution in [0.4, 0.5) is 9.52 Å². The highest BCUT2D eigenvalue weighted by Gasteiger charge is 2.05. The first-order chi connectivity index (χ1) is 10.7. The Kier molecular flexibility index (Phi) is 4.20. The summed E-state index contributed by atoms with van der Waals surface area (Å²) < 4.78 is 12.9. The van der Waals surface area contributed by atoms with Gasteiger partial charge in [0, 0.05) is 17.1 Å². The average molecular weight is 312 g/mol. The van der Waals surface area contributed by atoms with E-state index in [1.165, 1.54) is 23.5 Å². The summed E-state index contributed by atoms with van der Waals surface area (Å²) in [6.45, 7) is 1.88. The van der Waals surface area contributed by atoms with Gasteiger partial charge in [-0.05, 0) is 43.3 Å². The van der Waals surface area contributed by atoms with Crippen LogP contribution in [0.5, 0.6) is 0 Å². The van der Waals surface area contributed by atoms with Crippen LogP contribution < -0.4 is 5.43 Å². The maximum Gasteiger partial charge on any atom is 0.203 e. The minimum atomic E-state index is -0.257. The normalized spacial score (nSPS) is 11.5. The molecule has 110 valence electrons. The Morgan fingerprint density at radius 2 is 2.00 bits per heavy atom. The lowest BCUT2D eigenvalue weighted by Gasteiger charge is -1.99. The monoisotopic (exact) mass is 312 g/mol. The Labute approximate surface area is 131 Å². The van der Waals surface area contributed by atoms with Gasteiger partial charge in [-0.1, -0.05) is 6.07 Å². The first-order valence-electron chi connectivity index (χ1n) is 6.65. The van der Waals surface area contributed by atoms with E-state index in [-0.39, 0.29) is 5.82 Å². The molecule has 0 aliphatic rings. The standard InChI is InChI=1S/C16H13FN4S/c1-11(14-4-2-3-9-18-14)20-21-16-19-15(10-22-16)12-5-7-13(17)8-6-12/h2-10H,1H3,(H,19,21)/b20-11+. The predicted molar refractivity (Wildman–Crippen MR) is 87.6 cm³/mol. The molecule has 22 heavy (non-hydrogen) atoms. The molecule has 1 N–H and O–H groups in total. The third-order valence-corrected chi connectivity index (χ3v) is 3.75. The first-order valence-corrected chi connectivity index (χ1v) is 7.53. The zero-order chi connectivity index (χ0) is 15.4. The van der Waals surface area contributed by atoms with Crippen molar-refractivity contribution in [2.75, 3.05) is 5.43 Å². The molecule has 0 aliphatic carbocycles. The summed E-state index contributed by atoms with van der Waals surface area (Å²) >= 11 is 1.44. The van der Waals surface area contributed by atoms with Gasteiger partial charge < -0.3 is 0 Å². The van der Waals surface area contributed by atoms with Crippen molar-refractivity contribution in [1.82, 2.24) is 9.97 Å². The number of nitrogens with one attached hydrogen (secondary N) is 1. The number of halogens is 1. The van der Waals surface area contributed by atoms with Gasteiger partial charge in [-0.3, -0.25) is 10.4 Å². The number of pyridine rings is 1. The molecule has 0 saturated carbocycles. The summed E-state index contributed by atoms with van der Waals surface area (Å²) in [6, 6.07) is 11.9. The smallest absolute Gasteiger partial charge is 0.203 e. The topological polar surface area (TPSA) is 50.2 Å². The zero-order valence-electron chi connectivity index (χ0n) is 11.8. The Balaban J connectivity index is 1.73. The number of hydrogen-bond acceptors (Lipinski definition) is 5. The van der Waals surface area contributed by atoms with Crippen molar-refractivity contribution >= 4 is 22.2 Å². The largest absolute Gasteiger partial charge is 0.255 e. The van der Waals surface area contributed by atoms with E-state index in [1.807, 2.05) is 30.5 Å². The Morgan fingerprint density at radius 1 is 1.18 bits per heavy atom. The van der Waals surface area contributed by atoms with Crippen LogP contribution in [0.3, 0.4) is 0 Å². The molecule has 0 spiro atoms. The Hall–Kier alpha value is -2.60. The molecule has 4 nitrogen and oxygen atoms in total. The van der Waals surface area contributed by atoms with Gasteiger partial charge in [0.2, 0.25) is 5.13 Å². The highest BCUT2D eigenvalue weighted by molar-refractivity contribution is 7.14. The van der Waals surface area contributed by atoms with Gasteiger partial charge in [0.05, 0.1) is 17.1 Å². The number of benzene rings is 1. The molecule has 2 heterocycles. The summed E-state index contributed by atoms with van der Waals surface area (Å²) in [7, 11) is 0. The van der Waals surface area contributed by atoms with E-state index in [0.717, 1.165) is 22.7 Å². The number of anilines is 1. The lowest BCUT2D eigenvalue weighted by molar-refractivity contribution is 0.628. The predicted octanol–water partition coefficient (Wildman–Crippen LogP) is 4.18. The van der Waals surface area contributed by atoms with Crippen molar-refractivity contribution in [2.24, 2.45) is 5.10 Å². The van der Waals surface area contributed by atoms with Crippen LogP contribution in [0.2, 0.25) is 0 Å². The molecule has 0 bridgehead atoms. The summed E-state index contributed by atoms with van der Waals surface area (Å²) in [5.41, 5.74) is 6.17. The second-order valence-electron chi connectivity index (χ2n) is 4.57. The first kappa shape index (κ1) is 14.3. The van der Waals surface area contributed by atoms with Crippen molar-refractivity contribution in [2.45, 2.75) is 6.92 Å². The fourth-order valence-corrected chi connectivity index (χ4v) is 2.51. The van der Waals surface area contributed by atoms with Gasteiger partial charge in [0.15, 0.2) is 0 Å². The molecule has 0 unspecified atom stereocenters. The molecule has 0 radical (unpaired) electrons. The van der Waals surface area contributed by atoms with Gasteiger partial charge in [-0.15, -0.1) is 11.3 Å². The third-order valence-electron chi connectivity index (χ3n) is 3.00. The Morgan fingerprint density at radius 3 is 2.73 bits per heavy atom. The number of nitrogens with zero attached hydrogens (tertiary/aromatic N) is 3. The van der Waals surface area contributed by atoms with Crippen LogP contribution in [-0.2, 0) is 0 Å². The van der Waals surface area contributed by atoms with Crippen LogP contribution in [0.15, 0.2) is 59.1 Å². The van der Waals surface area contributed by atoms with Gasteiger partial charge in [0.25, 0.3) is 0 Å². The molecule has 0 aliphatic heterocycles. The summed E-state index contributed by atoms with van der Waals surface area (Å²) in [5.74, 6) is -0.257. The lowest BCUT2D eigenvalue weighted by Crippen LogP contribution is -2.01. The third kappa shape index (κ3) is 3.35. The van der Waals surface area contributed by atoms with Gasteiger partial charge in [-0.2, -0.15) is 5.10 Å². The van der Waals surface area contributed by atoms with E-state index >= 15 is 0 Å². The van der Waals surface area contributed by atoms with Crippen LogP contribution in [-0.4, -0.2) is 15.7 Å². The quantitative estimate of drug-likeness (QED) is 0.581. The lowest BCUT2D eigenvalue weighted by atomic mass is 10.2. The fraction of sp³-hybridized carbons (Fsp3) is 0.0625. The zero-order valence-corrected chi connectivity index (χ0v) is 12.6. The van der Waals surface area contributed by atoms with E-state index < -0.39 is 0 Å². The van der Waals surface area contributed by atoms with E-state index in [4.69, 9.17) is 0 Å². The molecule has 0 atom stereocenters. The van der Waals surface area contributed by atoms with E-state index in [1.54, 1.807) is 18.3 Å². The van der Waals surface area contributed by atoms with E-state index in [2.05, 4.69) is 20.5 Å². The molecule has 1 aromatic carbocycles. The minimum Gasteiger partial charge on any atom is -0.255 e. The molecule has 0 fully saturated rings. The molecule has 6 heteroatoms. The van der Waals surface area contributed by atoms with Gasteiger partial charge >= 0.3 is 0 Å². The molecule has 2 aromatic heterocycles. The summed E-state index contributed by atoms with van der Waals surface area (Å²) in [6.07, 6.45) is 1.73. The van der Waals surface area contributed by atoms with Crippen LogP contribution in [0, 0.1) is 5.82 Å². The molecule has 3 rings (SSSR count). The maximum atomic E-state index is 12.9. The number of rotatable bonds is 4. The molecular weight excluding hydrogens is 299 g/mol. The van der Waals surface area contributed by atoms with Crippen molar-refractivity contribution in [3.05, 3.63) is 65.6 Å². The van der Waals surface area contributed by atoms with Crippen LogP contribution in [0.25, 0.3) is 11.3 Å². The molecule has 3 aromatic rings.